The number of ether oxygens (including phenoxy) is 1. The van der Waals surface area contributed by atoms with Crippen LogP contribution >= 0.6 is 0 Å². The zero-order valence-corrected chi connectivity index (χ0v) is 10.3. The van der Waals surface area contributed by atoms with E-state index in [0.29, 0.717) is 18.1 Å². The molecular weight excluding hydrogens is 257 g/mol. The maximum absolute atomic E-state index is 12.3. The summed E-state index contributed by atoms with van der Waals surface area (Å²) in [6.45, 7) is 3.79. The van der Waals surface area contributed by atoms with Gasteiger partial charge < -0.3 is 4.74 Å². The van der Waals surface area contributed by atoms with Crippen molar-refractivity contribution in [2.75, 3.05) is 0 Å². The molecular formula is C13H11F3N2O. The normalized spacial score (nSPS) is 11.4. The van der Waals surface area contributed by atoms with Gasteiger partial charge in [-0.05, 0) is 37.1 Å². The number of hydrogen-bond acceptors (Lipinski definition) is 3. The minimum absolute atomic E-state index is 0.113. The van der Waals surface area contributed by atoms with E-state index in [4.69, 9.17) is 4.74 Å². The lowest BCUT2D eigenvalue weighted by molar-refractivity contribution is -0.138. The first-order chi connectivity index (χ1) is 8.84. The molecule has 0 saturated carbocycles. The Balaban J connectivity index is 2.20. The van der Waals surface area contributed by atoms with Gasteiger partial charge in [-0.3, -0.25) is 0 Å². The van der Waals surface area contributed by atoms with Gasteiger partial charge >= 0.3 is 12.2 Å². The molecule has 0 amide bonds. The lowest BCUT2D eigenvalue weighted by atomic mass is 10.1. The van der Waals surface area contributed by atoms with Crippen LogP contribution in [0.3, 0.4) is 0 Å². The van der Waals surface area contributed by atoms with Gasteiger partial charge in [0.15, 0.2) is 0 Å². The molecule has 0 bridgehead atoms. The van der Waals surface area contributed by atoms with Crippen molar-refractivity contribution in [3.8, 4) is 11.8 Å². The Bertz CT molecular complexity index is 559. The van der Waals surface area contributed by atoms with E-state index in [1.807, 2.05) is 19.9 Å². The molecule has 0 N–H and O–H groups in total. The molecule has 6 heteroatoms. The topological polar surface area (TPSA) is 35.0 Å². The number of aromatic nitrogens is 2. The number of halogens is 3. The Kier molecular flexibility index (Phi) is 3.42. The van der Waals surface area contributed by atoms with Crippen LogP contribution in [0.2, 0.25) is 0 Å². The highest BCUT2D eigenvalue weighted by Gasteiger charge is 2.31. The fraction of sp³-hybridized carbons (Fsp3) is 0.231. The first kappa shape index (κ1) is 13.3. The zero-order valence-electron chi connectivity index (χ0n) is 10.3. The fourth-order valence-electron chi connectivity index (χ4n) is 1.61. The van der Waals surface area contributed by atoms with Crippen molar-refractivity contribution in [3.63, 3.8) is 0 Å². The molecule has 0 aliphatic heterocycles. The molecule has 100 valence electrons. The summed E-state index contributed by atoms with van der Waals surface area (Å²) in [5, 5.41) is 0. The van der Waals surface area contributed by atoms with Crippen LogP contribution < -0.4 is 4.74 Å². The van der Waals surface area contributed by atoms with Crippen molar-refractivity contribution < 1.29 is 17.9 Å². The van der Waals surface area contributed by atoms with Crippen molar-refractivity contribution in [2.24, 2.45) is 0 Å². The summed E-state index contributed by atoms with van der Waals surface area (Å²) in [7, 11) is 0. The zero-order chi connectivity index (χ0) is 14.0. The minimum Gasteiger partial charge on any atom is -0.424 e. The minimum atomic E-state index is -4.45. The van der Waals surface area contributed by atoms with Gasteiger partial charge in [-0.15, -0.1) is 0 Å². The van der Waals surface area contributed by atoms with Crippen LogP contribution in [0, 0.1) is 13.8 Å². The van der Waals surface area contributed by atoms with Gasteiger partial charge in [-0.25, -0.2) is 9.97 Å². The molecule has 0 aliphatic carbocycles. The molecule has 0 saturated heterocycles. The molecule has 1 aromatic heterocycles. The van der Waals surface area contributed by atoms with E-state index in [0.717, 1.165) is 11.1 Å². The Morgan fingerprint density at radius 2 is 1.47 bits per heavy atom. The SMILES string of the molecule is Cc1cc(C)cc(Oc2ncc(C(F)(F)F)cn2)c1. The number of aryl methyl sites for hydroxylation is 2. The van der Waals surface area contributed by atoms with Crippen LogP contribution in [0.1, 0.15) is 16.7 Å². The lowest BCUT2D eigenvalue weighted by Gasteiger charge is -2.08. The number of hydrogen-bond donors (Lipinski definition) is 0. The van der Waals surface area contributed by atoms with Gasteiger partial charge in [0.2, 0.25) is 0 Å². The molecule has 0 atom stereocenters. The molecule has 0 unspecified atom stereocenters. The Hall–Kier alpha value is -2.11. The van der Waals surface area contributed by atoms with Gasteiger partial charge in [0.05, 0.1) is 5.56 Å². The summed E-state index contributed by atoms with van der Waals surface area (Å²) in [5.41, 5.74) is 1.07. The molecule has 0 spiro atoms. The van der Waals surface area contributed by atoms with Crippen molar-refractivity contribution in [1.29, 1.82) is 0 Å². The average molecular weight is 268 g/mol. The van der Waals surface area contributed by atoms with Crippen LogP contribution in [-0.2, 0) is 6.18 Å². The second-order valence-electron chi connectivity index (χ2n) is 4.18. The second kappa shape index (κ2) is 4.87. The quantitative estimate of drug-likeness (QED) is 0.828. The van der Waals surface area contributed by atoms with Crippen LogP contribution in [0.15, 0.2) is 30.6 Å². The van der Waals surface area contributed by atoms with Gasteiger partial charge in [0.25, 0.3) is 0 Å². The molecule has 0 radical (unpaired) electrons. The van der Waals surface area contributed by atoms with Gasteiger partial charge in [-0.2, -0.15) is 13.2 Å². The fourth-order valence-corrected chi connectivity index (χ4v) is 1.61. The highest BCUT2D eigenvalue weighted by atomic mass is 19.4. The second-order valence-corrected chi connectivity index (χ2v) is 4.18. The van der Waals surface area contributed by atoms with Gasteiger partial charge in [0.1, 0.15) is 5.75 Å². The summed E-state index contributed by atoms with van der Waals surface area (Å²) < 4.78 is 42.3. The van der Waals surface area contributed by atoms with Crippen molar-refractivity contribution in [3.05, 3.63) is 47.3 Å². The standard InChI is InChI=1S/C13H11F3N2O/c1-8-3-9(2)5-11(4-8)19-12-17-6-10(7-18-12)13(14,15)16/h3-7H,1-2H3. The smallest absolute Gasteiger partial charge is 0.419 e. The maximum atomic E-state index is 12.3. The summed E-state index contributed by atoms with van der Waals surface area (Å²) in [4.78, 5) is 7.09. The van der Waals surface area contributed by atoms with Crippen LogP contribution in [0.25, 0.3) is 0 Å². The van der Waals surface area contributed by atoms with E-state index < -0.39 is 11.7 Å². The molecule has 1 heterocycles. The Labute approximate surface area is 108 Å². The lowest BCUT2D eigenvalue weighted by Crippen LogP contribution is -2.06. The third-order valence-corrected chi connectivity index (χ3v) is 2.36. The number of nitrogens with zero attached hydrogens (tertiary/aromatic N) is 2. The van der Waals surface area contributed by atoms with Gasteiger partial charge in [0, 0.05) is 12.4 Å². The third-order valence-electron chi connectivity index (χ3n) is 2.36. The predicted octanol–water partition coefficient (Wildman–Crippen LogP) is 3.90. The average Bonchev–Trinajstić information content (AvgIpc) is 2.26. The summed E-state index contributed by atoms with van der Waals surface area (Å²) in [6, 6.07) is 5.36. The summed E-state index contributed by atoms with van der Waals surface area (Å²) in [6.07, 6.45) is -3.05. The van der Waals surface area contributed by atoms with Crippen LogP contribution in [0.4, 0.5) is 13.2 Å². The van der Waals surface area contributed by atoms with Crippen LogP contribution in [0.5, 0.6) is 11.8 Å². The number of rotatable bonds is 2. The molecule has 0 fully saturated rings. The van der Waals surface area contributed by atoms with Crippen molar-refractivity contribution in [1.82, 2.24) is 9.97 Å². The summed E-state index contributed by atoms with van der Waals surface area (Å²) in [5.74, 6) is 0.497. The largest absolute Gasteiger partial charge is 0.424 e. The van der Waals surface area contributed by atoms with E-state index in [9.17, 15) is 13.2 Å². The Morgan fingerprint density at radius 3 is 1.95 bits per heavy atom. The molecule has 1 aromatic carbocycles. The highest BCUT2D eigenvalue weighted by Crippen LogP contribution is 2.29. The van der Waals surface area contributed by atoms with Crippen molar-refractivity contribution in [2.45, 2.75) is 20.0 Å². The van der Waals surface area contributed by atoms with Gasteiger partial charge in [-0.1, -0.05) is 6.07 Å². The van der Waals surface area contributed by atoms with E-state index in [1.54, 1.807) is 12.1 Å². The monoisotopic (exact) mass is 268 g/mol. The summed E-state index contributed by atoms with van der Waals surface area (Å²) >= 11 is 0. The first-order valence-electron chi connectivity index (χ1n) is 5.50. The first-order valence-corrected chi connectivity index (χ1v) is 5.50. The van der Waals surface area contributed by atoms with Crippen molar-refractivity contribution >= 4 is 0 Å². The number of alkyl halides is 3. The molecule has 2 aromatic rings. The predicted molar refractivity (Wildman–Crippen MR) is 63.0 cm³/mol. The van der Waals surface area contributed by atoms with Crippen LogP contribution in [-0.4, -0.2) is 9.97 Å². The van der Waals surface area contributed by atoms with E-state index >= 15 is 0 Å². The Morgan fingerprint density at radius 1 is 0.947 bits per heavy atom. The maximum Gasteiger partial charge on any atom is 0.419 e. The van der Waals surface area contributed by atoms with E-state index in [1.165, 1.54) is 0 Å². The highest BCUT2D eigenvalue weighted by molar-refractivity contribution is 5.34. The molecule has 3 nitrogen and oxygen atoms in total. The number of benzene rings is 1. The van der Waals surface area contributed by atoms with E-state index in [2.05, 4.69) is 9.97 Å². The molecule has 19 heavy (non-hydrogen) atoms. The molecule has 0 aliphatic rings. The van der Waals surface area contributed by atoms with E-state index in [-0.39, 0.29) is 6.01 Å². The molecule has 2 rings (SSSR count). The third kappa shape index (κ3) is 3.43.